The van der Waals surface area contributed by atoms with Crippen LogP contribution in [0.5, 0.6) is 0 Å². The van der Waals surface area contributed by atoms with Gasteiger partial charge in [-0.3, -0.25) is 9.59 Å². The Morgan fingerprint density at radius 3 is 2.19 bits per heavy atom. The minimum atomic E-state index is -1.41. The summed E-state index contributed by atoms with van der Waals surface area (Å²) in [5, 5.41) is 31.1. The molecule has 0 aromatic heterocycles. The van der Waals surface area contributed by atoms with Gasteiger partial charge in [-0.15, -0.1) is 0 Å². The smallest absolute Gasteiger partial charge is 0.322 e. The van der Waals surface area contributed by atoms with Gasteiger partial charge in [0.2, 0.25) is 0 Å². The highest BCUT2D eigenvalue weighted by Gasteiger charge is 2.71. The largest absolute Gasteiger partial charge is 0.459 e. The van der Waals surface area contributed by atoms with Gasteiger partial charge in [0.1, 0.15) is 21.7 Å². The lowest BCUT2D eigenvalue weighted by atomic mass is 9.78. The summed E-state index contributed by atoms with van der Waals surface area (Å²) in [5.41, 5.74) is -2.59. The zero-order valence-corrected chi connectivity index (χ0v) is 20.9. The Morgan fingerprint density at radius 2 is 1.68 bits per heavy atom. The minimum Gasteiger partial charge on any atom is -0.459 e. The SMILES string of the molecule is CCC(C)(I)C(=O)OC1C2OC(O)C3C2OC1C3C(=O)OC(CC(C)(C)O)C(C)(C)O. The van der Waals surface area contributed by atoms with E-state index in [9.17, 15) is 24.9 Å². The van der Waals surface area contributed by atoms with Crippen LogP contribution in [0.2, 0.25) is 0 Å². The van der Waals surface area contributed by atoms with Crippen molar-refractivity contribution in [2.24, 2.45) is 11.8 Å². The second kappa shape index (κ2) is 8.35. The fraction of sp³-hybridized carbons (Fsp3) is 0.905. The van der Waals surface area contributed by atoms with Crippen molar-refractivity contribution < 1.29 is 43.9 Å². The van der Waals surface area contributed by atoms with Crippen LogP contribution >= 0.6 is 22.6 Å². The molecule has 3 fully saturated rings. The first-order valence-corrected chi connectivity index (χ1v) is 11.7. The van der Waals surface area contributed by atoms with Crippen LogP contribution in [-0.4, -0.2) is 78.7 Å². The van der Waals surface area contributed by atoms with Gasteiger partial charge in [0.25, 0.3) is 0 Å². The molecule has 0 aliphatic carbocycles. The maximum Gasteiger partial charge on any atom is 0.322 e. The molecule has 3 aliphatic rings. The van der Waals surface area contributed by atoms with Crippen LogP contribution in [-0.2, 0) is 28.5 Å². The van der Waals surface area contributed by atoms with Crippen molar-refractivity contribution in [1.82, 2.24) is 0 Å². The monoisotopic (exact) mass is 556 g/mol. The second-order valence-corrected chi connectivity index (χ2v) is 12.6. The number of halogens is 1. The van der Waals surface area contributed by atoms with E-state index in [1.165, 1.54) is 13.8 Å². The minimum absolute atomic E-state index is 0.0123. The topological polar surface area (TPSA) is 132 Å². The summed E-state index contributed by atoms with van der Waals surface area (Å²) >= 11 is 2.02. The maximum absolute atomic E-state index is 13.2. The van der Waals surface area contributed by atoms with Gasteiger partial charge in [-0.05, 0) is 41.0 Å². The molecule has 0 amide bonds. The zero-order valence-electron chi connectivity index (χ0n) is 18.7. The van der Waals surface area contributed by atoms with E-state index < -0.39 is 75.2 Å². The van der Waals surface area contributed by atoms with Gasteiger partial charge in [-0.25, -0.2) is 0 Å². The Kier molecular flexibility index (Phi) is 6.76. The first-order valence-electron chi connectivity index (χ1n) is 10.6. The van der Waals surface area contributed by atoms with Crippen molar-refractivity contribution in [2.45, 2.75) is 106 Å². The van der Waals surface area contributed by atoms with Gasteiger partial charge < -0.3 is 34.3 Å². The molecule has 3 N–H and O–H groups in total. The molecule has 10 heteroatoms. The zero-order chi connectivity index (χ0) is 23.5. The number of carbonyl (C=O) groups excluding carboxylic acids is 2. The highest BCUT2D eigenvalue weighted by atomic mass is 127. The summed E-state index contributed by atoms with van der Waals surface area (Å²) in [6.45, 7) is 9.74. The number of rotatable bonds is 8. The molecule has 0 aromatic rings. The third-order valence-electron chi connectivity index (χ3n) is 6.40. The number of esters is 2. The first kappa shape index (κ1) is 25.1. The van der Waals surface area contributed by atoms with E-state index in [-0.39, 0.29) is 6.42 Å². The number of fused-ring (bicyclic) bond motifs is 1. The molecule has 9 unspecified atom stereocenters. The van der Waals surface area contributed by atoms with Crippen molar-refractivity contribution in [3.63, 3.8) is 0 Å². The van der Waals surface area contributed by atoms with E-state index in [0.717, 1.165) is 0 Å². The predicted octanol–water partition coefficient (Wildman–Crippen LogP) is 1.08. The average molecular weight is 556 g/mol. The molecular formula is C21H33IO9. The lowest BCUT2D eigenvalue weighted by Crippen LogP contribution is -2.51. The first-order chi connectivity index (χ1) is 14.1. The molecule has 3 rings (SSSR count). The number of hydrogen-bond acceptors (Lipinski definition) is 9. The Hall–Kier alpha value is -0.530. The molecule has 0 spiro atoms. The van der Waals surface area contributed by atoms with Crippen LogP contribution in [0.15, 0.2) is 0 Å². The summed E-state index contributed by atoms with van der Waals surface area (Å²) < 4.78 is 22.1. The molecule has 3 saturated heterocycles. The average Bonchev–Trinajstić information content (AvgIpc) is 3.22. The highest BCUT2D eigenvalue weighted by molar-refractivity contribution is 14.1. The lowest BCUT2D eigenvalue weighted by molar-refractivity contribution is -0.179. The predicted molar refractivity (Wildman–Crippen MR) is 116 cm³/mol. The van der Waals surface area contributed by atoms with Gasteiger partial charge in [0, 0.05) is 6.42 Å². The Bertz CT molecular complexity index is 711. The maximum atomic E-state index is 13.2. The number of alkyl halides is 1. The molecular weight excluding hydrogens is 523 g/mol. The molecule has 0 radical (unpaired) electrons. The van der Waals surface area contributed by atoms with Crippen LogP contribution in [0.4, 0.5) is 0 Å². The molecule has 9 nitrogen and oxygen atoms in total. The van der Waals surface area contributed by atoms with Gasteiger partial charge >= 0.3 is 11.9 Å². The molecule has 3 heterocycles. The molecule has 0 saturated carbocycles. The van der Waals surface area contributed by atoms with Crippen LogP contribution in [0, 0.1) is 11.8 Å². The van der Waals surface area contributed by atoms with E-state index in [1.54, 1.807) is 20.8 Å². The van der Waals surface area contributed by atoms with E-state index in [2.05, 4.69) is 0 Å². The fourth-order valence-corrected chi connectivity index (χ4v) is 4.53. The van der Waals surface area contributed by atoms with Crippen molar-refractivity contribution in [2.75, 3.05) is 0 Å². The van der Waals surface area contributed by atoms with E-state index >= 15 is 0 Å². The quantitative estimate of drug-likeness (QED) is 0.228. The molecule has 3 aliphatic heterocycles. The molecule has 2 bridgehead atoms. The van der Waals surface area contributed by atoms with Crippen LogP contribution in [0.25, 0.3) is 0 Å². The van der Waals surface area contributed by atoms with E-state index in [0.29, 0.717) is 6.42 Å². The van der Waals surface area contributed by atoms with Crippen LogP contribution < -0.4 is 0 Å². The second-order valence-electron chi connectivity index (χ2n) is 10.2. The van der Waals surface area contributed by atoms with Gasteiger partial charge in [0.15, 0.2) is 12.4 Å². The number of aliphatic hydroxyl groups excluding tert-OH is 1. The van der Waals surface area contributed by atoms with Gasteiger partial charge in [-0.2, -0.15) is 0 Å². The van der Waals surface area contributed by atoms with Crippen molar-refractivity contribution >= 4 is 34.5 Å². The van der Waals surface area contributed by atoms with Crippen LogP contribution in [0.3, 0.4) is 0 Å². The third-order valence-corrected chi connectivity index (χ3v) is 7.60. The Labute approximate surface area is 195 Å². The molecule has 178 valence electrons. The van der Waals surface area contributed by atoms with E-state index in [1.807, 2.05) is 29.5 Å². The standard InChI is InChI=1S/C21H33IO9/c1-7-21(6,22)18(25)31-15-13-10(11-12(29-13)14(15)30-17(11)24)16(23)28-9(20(4,5)27)8-19(2,3)26/h9-15,17,24,26-27H,7-8H2,1-6H3. The molecule has 31 heavy (non-hydrogen) atoms. The Balaban J connectivity index is 1.81. The summed E-state index contributed by atoms with van der Waals surface area (Å²) in [6.07, 6.45) is -4.59. The van der Waals surface area contributed by atoms with Gasteiger partial charge in [-0.1, -0.05) is 29.5 Å². The molecule has 0 aromatic carbocycles. The van der Waals surface area contributed by atoms with Crippen molar-refractivity contribution in [3.8, 4) is 0 Å². The number of ether oxygens (including phenoxy) is 4. The van der Waals surface area contributed by atoms with E-state index in [4.69, 9.17) is 18.9 Å². The van der Waals surface area contributed by atoms with Crippen LogP contribution in [0.1, 0.15) is 54.4 Å². The third kappa shape index (κ3) is 4.89. The Morgan fingerprint density at radius 1 is 1.06 bits per heavy atom. The van der Waals surface area contributed by atoms with Crippen molar-refractivity contribution in [3.05, 3.63) is 0 Å². The lowest BCUT2D eigenvalue weighted by Gasteiger charge is -2.35. The summed E-state index contributed by atoms with van der Waals surface area (Å²) in [5.74, 6) is -2.71. The fourth-order valence-electron chi connectivity index (χ4n) is 4.40. The summed E-state index contributed by atoms with van der Waals surface area (Å²) in [4.78, 5) is 25.8. The normalized spacial score (nSPS) is 37.4. The molecule has 9 atom stereocenters. The van der Waals surface area contributed by atoms with Gasteiger partial charge in [0.05, 0.1) is 29.1 Å². The summed E-state index contributed by atoms with van der Waals surface area (Å²) in [7, 11) is 0. The number of carbonyl (C=O) groups is 2. The number of aliphatic hydroxyl groups is 3. The highest BCUT2D eigenvalue weighted by Crippen LogP contribution is 2.53. The summed E-state index contributed by atoms with van der Waals surface area (Å²) in [6, 6.07) is 0. The number of hydrogen-bond donors (Lipinski definition) is 3. The van der Waals surface area contributed by atoms with Crippen molar-refractivity contribution in [1.29, 1.82) is 0 Å².